The highest BCUT2D eigenvalue weighted by atomic mass is 15.0. The summed E-state index contributed by atoms with van der Waals surface area (Å²) in [6, 6.07) is 0. The third kappa shape index (κ3) is 4.65. The summed E-state index contributed by atoms with van der Waals surface area (Å²) in [6.45, 7) is 22.8. The monoisotopic (exact) mass is 426 g/mol. The van der Waals surface area contributed by atoms with Gasteiger partial charge in [0.15, 0.2) is 0 Å². The molecule has 0 aliphatic heterocycles. The Morgan fingerprint density at radius 2 is 1.53 bits per heavy atom. The molecule has 0 aliphatic rings. The highest BCUT2D eigenvalue weighted by molar-refractivity contribution is 5.84. The Kier molecular flexibility index (Phi) is 8.90. The topological polar surface area (TPSA) is 9.86 Å². The van der Waals surface area contributed by atoms with Crippen molar-refractivity contribution in [2.24, 2.45) is 7.05 Å². The zero-order chi connectivity index (χ0) is 23.8. The molecule has 0 aliphatic carbocycles. The number of allylic oxidation sites excluding steroid dienone is 5. The van der Waals surface area contributed by atoms with Gasteiger partial charge < -0.3 is 9.13 Å². The summed E-state index contributed by atoms with van der Waals surface area (Å²) in [5.41, 5.74) is 10.8. The van der Waals surface area contributed by atoms with Gasteiger partial charge in [0.1, 0.15) is 0 Å². The Labute approximate surface area is 195 Å². The Bertz CT molecular complexity index is 1120. The van der Waals surface area contributed by atoms with Crippen molar-refractivity contribution in [3.63, 3.8) is 0 Å². The summed E-state index contributed by atoms with van der Waals surface area (Å²) in [7, 11) is 2.09. The van der Waals surface area contributed by atoms with Crippen LogP contribution in [0, 0.1) is 13.8 Å². The molecule has 0 spiro atoms. The number of aromatic nitrogens is 2. The van der Waals surface area contributed by atoms with Gasteiger partial charge in [-0.05, 0) is 75.1 Å². The normalized spacial score (nSPS) is 12.5. The zero-order valence-corrected chi connectivity index (χ0v) is 20.7. The van der Waals surface area contributed by atoms with Gasteiger partial charge >= 0.3 is 0 Å². The Morgan fingerprint density at radius 3 is 2.06 bits per heavy atom. The van der Waals surface area contributed by atoms with E-state index in [1.807, 2.05) is 24.3 Å². The standard InChI is InChI=1S/C30H38N2/c1-10-16-19-28-23(8)26(27(15-6)31(28)9)21-24(13-4)32-29(20-17-11-2)22(7)25(14-5)30(32)18-12-3/h10,12,14-21H,1,5-6,11,13H2,2-4,7-9H3/b18-12-,19-16-,20-17-,24-21+. The fourth-order valence-corrected chi connectivity index (χ4v) is 4.27. The van der Waals surface area contributed by atoms with E-state index in [1.54, 1.807) is 0 Å². The minimum atomic E-state index is 0.894. The quantitative estimate of drug-likeness (QED) is 0.336. The zero-order valence-electron chi connectivity index (χ0n) is 20.7. The molecule has 2 aromatic heterocycles. The molecule has 0 radical (unpaired) electrons. The predicted octanol–water partition coefficient (Wildman–Crippen LogP) is 8.79. The van der Waals surface area contributed by atoms with Gasteiger partial charge in [-0.15, -0.1) is 0 Å². The minimum Gasteiger partial charge on any atom is -0.344 e. The molecule has 0 unspecified atom stereocenters. The average Bonchev–Trinajstić information content (AvgIpc) is 3.18. The van der Waals surface area contributed by atoms with Crippen LogP contribution in [0.15, 0.2) is 44.0 Å². The van der Waals surface area contributed by atoms with Crippen LogP contribution in [-0.4, -0.2) is 9.13 Å². The van der Waals surface area contributed by atoms with Crippen LogP contribution in [0.25, 0.3) is 42.2 Å². The summed E-state index contributed by atoms with van der Waals surface area (Å²) in [6.07, 6.45) is 22.8. The van der Waals surface area contributed by atoms with Crippen molar-refractivity contribution in [1.82, 2.24) is 9.13 Å². The highest BCUT2D eigenvalue weighted by Gasteiger charge is 2.19. The second-order valence-electron chi connectivity index (χ2n) is 7.82. The van der Waals surface area contributed by atoms with Crippen molar-refractivity contribution in [3.8, 4) is 0 Å². The summed E-state index contributed by atoms with van der Waals surface area (Å²) < 4.78 is 4.58. The molecule has 0 saturated carbocycles. The van der Waals surface area contributed by atoms with Gasteiger partial charge in [0.05, 0.1) is 5.69 Å². The largest absolute Gasteiger partial charge is 0.344 e. The fourth-order valence-electron chi connectivity index (χ4n) is 4.27. The van der Waals surface area contributed by atoms with E-state index in [1.165, 1.54) is 39.3 Å². The number of nitrogens with zero attached hydrogens (tertiary/aromatic N) is 2. The molecule has 2 aromatic rings. The highest BCUT2D eigenvalue weighted by Crippen LogP contribution is 2.34. The van der Waals surface area contributed by atoms with Gasteiger partial charge in [0.2, 0.25) is 0 Å². The van der Waals surface area contributed by atoms with E-state index < -0.39 is 0 Å². The molecule has 0 N–H and O–H groups in total. The van der Waals surface area contributed by atoms with E-state index in [4.69, 9.17) is 0 Å². The van der Waals surface area contributed by atoms with Crippen LogP contribution >= 0.6 is 0 Å². The maximum absolute atomic E-state index is 4.10. The van der Waals surface area contributed by atoms with Crippen LogP contribution in [0.1, 0.15) is 78.6 Å². The maximum atomic E-state index is 4.10. The maximum Gasteiger partial charge on any atom is 0.0530 e. The van der Waals surface area contributed by atoms with Crippen molar-refractivity contribution in [3.05, 3.63) is 89.1 Å². The lowest BCUT2D eigenvalue weighted by Gasteiger charge is -2.15. The molecule has 0 aromatic carbocycles. The molecule has 0 saturated heterocycles. The third-order valence-corrected chi connectivity index (χ3v) is 5.92. The first-order valence-corrected chi connectivity index (χ1v) is 11.4. The second-order valence-corrected chi connectivity index (χ2v) is 7.82. The van der Waals surface area contributed by atoms with Crippen molar-refractivity contribution < 1.29 is 0 Å². The van der Waals surface area contributed by atoms with E-state index in [2.05, 4.69) is 107 Å². The lowest BCUT2D eigenvalue weighted by molar-refractivity contribution is 0.898. The average molecular weight is 427 g/mol. The molecule has 0 amide bonds. The van der Waals surface area contributed by atoms with Crippen molar-refractivity contribution in [2.75, 3.05) is 0 Å². The van der Waals surface area contributed by atoms with E-state index in [9.17, 15) is 0 Å². The number of hydrogen-bond acceptors (Lipinski definition) is 0. The van der Waals surface area contributed by atoms with Gasteiger partial charge in [-0.3, -0.25) is 0 Å². The summed E-state index contributed by atoms with van der Waals surface area (Å²) in [4.78, 5) is 0. The van der Waals surface area contributed by atoms with E-state index in [-0.39, 0.29) is 0 Å². The molecule has 0 bridgehead atoms. The smallest absolute Gasteiger partial charge is 0.0530 e. The lowest BCUT2D eigenvalue weighted by Crippen LogP contribution is -2.02. The van der Waals surface area contributed by atoms with Crippen molar-refractivity contribution in [2.45, 2.75) is 47.5 Å². The molecule has 0 fully saturated rings. The van der Waals surface area contributed by atoms with Gasteiger partial charge in [-0.25, -0.2) is 0 Å². The molecule has 2 rings (SSSR count). The number of rotatable bonds is 10. The Morgan fingerprint density at radius 1 is 0.844 bits per heavy atom. The fraction of sp³-hybridized carbons (Fsp3) is 0.267. The van der Waals surface area contributed by atoms with Gasteiger partial charge in [0.25, 0.3) is 0 Å². The Hall–Kier alpha value is -3.26. The van der Waals surface area contributed by atoms with E-state index in [0.717, 1.165) is 24.2 Å². The molecule has 2 nitrogen and oxygen atoms in total. The SMILES string of the molecule is C=C/C=C\c1c(C)c(/C=C(\CC)n2c(/C=C\CC)c(C)c(C=C)c2/C=C\C)c(C=C)n1C. The first kappa shape index (κ1) is 25.0. The summed E-state index contributed by atoms with van der Waals surface area (Å²) in [5.74, 6) is 0. The summed E-state index contributed by atoms with van der Waals surface area (Å²) >= 11 is 0. The first-order chi connectivity index (χ1) is 15.4. The van der Waals surface area contributed by atoms with E-state index >= 15 is 0 Å². The molecular weight excluding hydrogens is 388 g/mol. The van der Waals surface area contributed by atoms with Crippen molar-refractivity contribution >= 4 is 42.2 Å². The molecular formula is C30H38N2. The van der Waals surface area contributed by atoms with Gasteiger partial charge in [-0.2, -0.15) is 0 Å². The molecule has 2 heteroatoms. The van der Waals surface area contributed by atoms with Crippen LogP contribution < -0.4 is 0 Å². The minimum absolute atomic E-state index is 0.894. The van der Waals surface area contributed by atoms with Crippen LogP contribution in [0.4, 0.5) is 0 Å². The summed E-state index contributed by atoms with van der Waals surface area (Å²) in [5, 5.41) is 0. The molecule has 32 heavy (non-hydrogen) atoms. The van der Waals surface area contributed by atoms with Crippen LogP contribution in [0.3, 0.4) is 0 Å². The van der Waals surface area contributed by atoms with Gasteiger partial charge in [-0.1, -0.05) is 64.0 Å². The predicted molar refractivity (Wildman–Crippen MR) is 147 cm³/mol. The van der Waals surface area contributed by atoms with Crippen LogP contribution in [-0.2, 0) is 7.05 Å². The second kappa shape index (κ2) is 11.4. The van der Waals surface area contributed by atoms with Crippen LogP contribution in [0.5, 0.6) is 0 Å². The van der Waals surface area contributed by atoms with Crippen molar-refractivity contribution in [1.29, 1.82) is 0 Å². The van der Waals surface area contributed by atoms with E-state index in [0.29, 0.717) is 0 Å². The Balaban J connectivity index is 2.93. The first-order valence-electron chi connectivity index (χ1n) is 11.4. The third-order valence-electron chi connectivity index (χ3n) is 5.92. The molecule has 168 valence electrons. The lowest BCUT2D eigenvalue weighted by atomic mass is 10.1. The molecule has 2 heterocycles. The number of hydrogen-bond donors (Lipinski definition) is 0. The molecule has 0 atom stereocenters. The van der Waals surface area contributed by atoms with Gasteiger partial charge in [0, 0.05) is 41.0 Å². The van der Waals surface area contributed by atoms with Crippen LogP contribution in [0.2, 0.25) is 0 Å².